The van der Waals surface area contributed by atoms with Crippen LogP contribution in [0.4, 0.5) is 0 Å². The molecule has 0 bridgehead atoms. The largest absolute Gasteiger partial charge is 0.493 e. The van der Waals surface area contributed by atoms with Crippen molar-refractivity contribution in [1.29, 1.82) is 0 Å². The van der Waals surface area contributed by atoms with Crippen LogP contribution in [0.5, 0.6) is 11.5 Å². The van der Waals surface area contributed by atoms with Gasteiger partial charge in [-0.15, -0.1) is 0 Å². The highest BCUT2D eigenvalue weighted by atomic mass is 16.5. The van der Waals surface area contributed by atoms with E-state index in [2.05, 4.69) is 64.5 Å². The SMILES string of the molecule is COc1ccc(CCN2CCN(C=Cc3ccccc3)CC2)cc1OC. The summed E-state index contributed by atoms with van der Waals surface area (Å²) in [5.41, 5.74) is 2.54. The van der Waals surface area contributed by atoms with E-state index in [-0.39, 0.29) is 0 Å². The Morgan fingerprint density at radius 2 is 1.62 bits per heavy atom. The fourth-order valence-corrected chi connectivity index (χ4v) is 3.21. The van der Waals surface area contributed by atoms with Gasteiger partial charge in [-0.25, -0.2) is 0 Å². The van der Waals surface area contributed by atoms with Gasteiger partial charge in [-0.3, -0.25) is 4.90 Å². The van der Waals surface area contributed by atoms with Gasteiger partial charge < -0.3 is 14.4 Å². The van der Waals surface area contributed by atoms with Crippen molar-refractivity contribution in [2.75, 3.05) is 46.9 Å². The first-order chi connectivity index (χ1) is 12.8. The number of benzene rings is 2. The Bertz CT molecular complexity index is 707. The van der Waals surface area contributed by atoms with E-state index in [1.54, 1.807) is 14.2 Å². The fraction of sp³-hybridized carbons (Fsp3) is 0.364. The third-order valence-corrected chi connectivity index (χ3v) is 4.85. The predicted octanol–water partition coefficient (Wildman–Crippen LogP) is 3.53. The molecule has 4 heteroatoms. The van der Waals surface area contributed by atoms with Crippen LogP contribution in [0.3, 0.4) is 0 Å². The third kappa shape index (κ3) is 5.02. The highest BCUT2D eigenvalue weighted by molar-refractivity contribution is 5.48. The first-order valence-electron chi connectivity index (χ1n) is 9.19. The average Bonchev–Trinajstić information content (AvgIpc) is 2.72. The summed E-state index contributed by atoms with van der Waals surface area (Å²) in [6.07, 6.45) is 5.44. The zero-order chi connectivity index (χ0) is 18.2. The summed E-state index contributed by atoms with van der Waals surface area (Å²) in [7, 11) is 3.35. The maximum absolute atomic E-state index is 5.39. The highest BCUT2D eigenvalue weighted by Crippen LogP contribution is 2.27. The molecule has 3 rings (SSSR count). The number of piperazine rings is 1. The van der Waals surface area contributed by atoms with Crippen LogP contribution in [0, 0.1) is 0 Å². The number of nitrogens with zero attached hydrogens (tertiary/aromatic N) is 2. The first kappa shape index (κ1) is 18.3. The average molecular weight is 352 g/mol. The lowest BCUT2D eigenvalue weighted by Gasteiger charge is -2.34. The molecule has 1 heterocycles. The van der Waals surface area contributed by atoms with Gasteiger partial charge in [-0.05, 0) is 42.0 Å². The first-order valence-corrected chi connectivity index (χ1v) is 9.19. The second-order valence-electron chi connectivity index (χ2n) is 6.54. The van der Waals surface area contributed by atoms with Crippen LogP contribution in [-0.4, -0.2) is 56.7 Å². The van der Waals surface area contributed by atoms with Crippen molar-refractivity contribution in [3.05, 3.63) is 65.9 Å². The monoisotopic (exact) mass is 352 g/mol. The maximum atomic E-state index is 5.39. The van der Waals surface area contributed by atoms with Crippen molar-refractivity contribution in [1.82, 2.24) is 9.80 Å². The lowest BCUT2D eigenvalue weighted by molar-refractivity contribution is 0.171. The Balaban J connectivity index is 1.45. The van der Waals surface area contributed by atoms with E-state index in [0.717, 1.165) is 50.6 Å². The molecule has 138 valence electrons. The van der Waals surface area contributed by atoms with E-state index in [4.69, 9.17) is 9.47 Å². The molecule has 1 aliphatic heterocycles. The Kier molecular flexibility index (Phi) is 6.56. The van der Waals surface area contributed by atoms with Gasteiger partial charge in [0.15, 0.2) is 11.5 Å². The summed E-state index contributed by atoms with van der Waals surface area (Å²) in [4.78, 5) is 4.93. The minimum absolute atomic E-state index is 0.787. The molecule has 0 spiro atoms. The zero-order valence-electron chi connectivity index (χ0n) is 15.7. The Labute approximate surface area is 156 Å². The molecule has 0 aliphatic carbocycles. The van der Waals surface area contributed by atoms with Crippen LogP contribution in [0.15, 0.2) is 54.7 Å². The van der Waals surface area contributed by atoms with Crippen LogP contribution in [0.2, 0.25) is 0 Å². The number of hydrogen-bond donors (Lipinski definition) is 0. The molecule has 1 saturated heterocycles. The molecule has 2 aromatic rings. The van der Waals surface area contributed by atoms with Crippen molar-refractivity contribution in [2.45, 2.75) is 6.42 Å². The molecule has 4 nitrogen and oxygen atoms in total. The summed E-state index contributed by atoms with van der Waals surface area (Å²) in [5, 5.41) is 0. The predicted molar refractivity (Wildman–Crippen MR) is 107 cm³/mol. The minimum Gasteiger partial charge on any atom is -0.493 e. The normalized spacial score (nSPS) is 15.4. The molecule has 1 fully saturated rings. The number of ether oxygens (including phenoxy) is 2. The van der Waals surface area contributed by atoms with Gasteiger partial charge in [0.2, 0.25) is 0 Å². The molecule has 0 unspecified atom stereocenters. The lowest BCUT2D eigenvalue weighted by Crippen LogP contribution is -2.44. The van der Waals surface area contributed by atoms with Crippen molar-refractivity contribution in [2.24, 2.45) is 0 Å². The van der Waals surface area contributed by atoms with Crippen LogP contribution in [-0.2, 0) is 6.42 Å². The van der Waals surface area contributed by atoms with Gasteiger partial charge >= 0.3 is 0 Å². The van der Waals surface area contributed by atoms with Crippen molar-refractivity contribution in [3.8, 4) is 11.5 Å². The van der Waals surface area contributed by atoms with E-state index >= 15 is 0 Å². The Hall–Kier alpha value is -2.46. The van der Waals surface area contributed by atoms with E-state index < -0.39 is 0 Å². The fourth-order valence-electron chi connectivity index (χ4n) is 3.21. The second-order valence-corrected chi connectivity index (χ2v) is 6.54. The van der Waals surface area contributed by atoms with E-state index in [0.29, 0.717) is 0 Å². The molecule has 0 saturated carbocycles. The molecule has 0 amide bonds. The molecule has 0 N–H and O–H groups in total. The summed E-state index contributed by atoms with van der Waals surface area (Å²) in [5.74, 6) is 1.59. The number of methoxy groups -OCH3 is 2. The lowest BCUT2D eigenvalue weighted by atomic mass is 10.1. The van der Waals surface area contributed by atoms with Crippen molar-refractivity contribution < 1.29 is 9.47 Å². The van der Waals surface area contributed by atoms with Gasteiger partial charge in [0.05, 0.1) is 14.2 Å². The van der Waals surface area contributed by atoms with Crippen molar-refractivity contribution in [3.63, 3.8) is 0 Å². The summed E-state index contributed by atoms with van der Waals surface area (Å²) in [6, 6.07) is 16.7. The number of hydrogen-bond acceptors (Lipinski definition) is 4. The van der Waals surface area contributed by atoms with E-state index in [9.17, 15) is 0 Å². The van der Waals surface area contributed by atoms with Crippen LogP contribution in [0.1, 0.15) is 11.1 Å². The Morgan fingerprint density at radius 1 is 0.885 bits per heavy atom. The third-order valence-electron chi connectivity index (χ3n) is 4.85. The smallest absolute Gasteiger partial charge is 0.160 e. The van der Waals surface area contributed by atoms with Gasteiger partial charge in [0.25, 0.3) is 0 Å². The summed E-state index contributed by atoms with van der Waals surface area (Å²) >= 11 is 0. The van der Waals surface area contributed by atoms with Crippen LogP contribution < -0.4 is 9.47 Å². The Morgan fingerprint density at radius 3 is 2.31 bits per heavy atom. The standard InChI is InChI=1S/C22H28N2O2/c1-25-21-9-8-20(18-22(21)26-2)11-13-24-16-14-23(15-17-24)12-10-19-6-4-3-5-7-19/h3-10,12,18H,11,13-17H2,1-2H3. The highest BCUT2D eigenvalue weighted by Gasteiger charge is 2.14. The second kappa shape index (κ2) is 9.30. The van der Waals surface area contributed by atoms with Gasteiger partial charge in [0, 0.05) is 32.7 Å². The molecular weight excluding hydrogens is 324 g/mol. The van der Waals surface area contributed by atoms with Crippen molar-refractivity contribution >= 4 is 6.08 Å². The minimum atomic E-state index is 0.787. The molecule has 0 radical (unpaired) electrons. The van der Waals surface area contributed by atoms with E-state index in [1.165, 1.54) is 11.1 Å². The molecule has 1 aliphatic rings. The summed E-state index contributed by atoms with van der Waals surface area (Å²) < 4.78 is 10.7. The summed E-state index contributed by atoms with van der Waals surface area (Å²) in [6.45, 7) is 5.44. The molecule has 26 heavy (non-hydrogen) atoms. The molecule has 0 aromatic heterocycles. The van der Waals surface area contributed by atoms with Crippen LogP contribution >= 0.6 is 0 Å². The molecule has 0 atom stereocenters. The van der Waals surface area contributed by atoms with Gasteiger partial charge in [0.1, 0.15) is 0 Å². The van der Waals surface area contributed by atoms with E-state index in [1.807, 2.05) is 6.07 Å². The molecular formula is C22H28N2O2. The van der Waals surface area contributed by atoms with Gasteiger partial charge in [-0.1, -0.05) is 36.4 Å². The quantitative estimate of drug-likeness (QED) is 0.761. The van der Waals surface area contributed by atoms with Crippen LogP contribution in [0.25, 0.3) is 6.08 Å². The number of rotatable bonds is 7. The maximum Gasteiger partial charge on any atom is 0.160 e. The molecule has 2 aromatic carbocycles. The zero-order valence-corrected chi connectivity index (χ0v) is 15.7. The van der Waals surface area contributed by atoms with Gasteiger partial charge in [-0.2, -0.15) is 0 Å². The topological polar surface area (TPSA) is 24.9 Å².